The first kappa shape index (κ1) is 11.2. The average Bonchev–Trinajstić information content (AvgIpc) is 2.22. The topological polar surface area (TPSA) is 38.3 Å². The molecule has 0 fully saturated rings. The van der Waals surface area contributed by atoms with E-state index in [0.29, 0.717) is 12.3 Å². The first-order chi connectivity index (χ1) is 7.17. The number of carbonyl (C=O) groups excluding carboxylic acids is 1. The fraction of sp³-hybridized carbons (Fsp3) is 0.182. The lowest BCUT2D eigenvalue weighted by molar-refractivity contribution is -0.111. The van der Waals surface area contributed by atoms with Crippen molar-refractivity contribution in [1.29, 1.82) is 0 Å². The molecule has 0 bridgehead atoms. The summed E-state index contributed by atoms with van der Waals surface area (Å²) in [6, 6.07) is 4.24. The van der Waals surface area contributed by atoms with Crippen molar-refractivity contribution >= 4 is 11.6 Å². The zero-order valence-corrected chi connectivity index (χ0v) is 8.42. The van der Waals surface area contributed by atoms with E-state index in [2.05, 4.69) is 11.9 Å². The predicted molar refractivity (Wildman–Crippen MR) is 56.4 cm³/mol. The van der Waals surface area contributed by atoms with Crippen molar-refractivity contribution in [3.63, 3.8) is 0 Å². The van der Waals surface area contributed by atoms with Crippen LogP contribution in [0, 0.1) is 5.82 Å². The van der Waals surface area contributed by atoms with Gasteiger partial charge in [-0.1, -0.05) is 6.58 Å². The number of amides is 1. The molecule has 80 valence electrons. The summed E-state index contributed by atoms with van der Waals surface area (Å²) in [6.07, 6.45) is 1.12. The maximum Gasteiger partial charge on any atom is 0.247 e. The number of hydrogen-bond acceptors (Lipinski definition) is 2. The van der Waals surface area contributed by atoms with Crippen molar-refractivity contribution in [2.75, 3.05) is 11.9 Å². The van der Waals surface area contributed by atoms with Crippen LogP contribution in [0.3, 0.4) is 0 Å². The van der Waals surface area contributed by atoms with Gasteiger partial charge in [0.15, 0.2) is 11.6 Å². The maximum absolute atomic E-state index is 13.3. The van der Waals surface area contributed by atoms with Crippen molar-refractivity contribution in [1.82, 2.24) is 0 Å². The molecule has 3 nitrogen and oxygen atoms in total. The molecule has 0 unspecified atom stereocenters. The maximum atomic E-state index is 13.3. The predicted octanol–water partition coefficient (Wildman–Crippen LogP) is 2.35. The van der Waals surface area contributed by atoms with Gasteiger partial charge in [-0.05, 0) is 25.1 Å². The Labute approximate surface area is 87.6 Å². The van der Waals surface area contributed by atoms with Crippen LogP contribution in [-0.4, -0.2) is 12.5 Å². The molecule has 1 rings (SSSR count). The average molecular weight is 209 g/mol. The lowest BCUT2D eigenvalue weighted by atomic mass is 10.3. The zero-order chi connectivity index (χ0) is 11.3. The van der Waals surface area contributed by atoms with Gasteiger partial charge in [-0.15, -0.1) is 0 Å². The quantitative estimate of drug-likeness (QED) is 0.773. The Hall–Kier alpha value is -1.84. The summed E-state index contributed by atoms with van der Waals surface area (Å²) in [5.74, 6) is -0.702. The molecule has 0 atom stereocenters. The van der Waals surface area contributed by atoms with Gasteiger partial charge >= 0.3 is 0 Å². The van der Waals surface area contributed by atoms with Gasteiger partial charge in [0.25, 0.3) is 0 Å². The second-order valence-electron chi connectivity index (χ2n) is 2.77. The van der Waals surface area contributed by atoms with Crippen LogP contribution in [-0.2, 0) is 4.79 Å². The van der Waals surface area contributed by atoms with Gasteiger partial charge in [0.1, 0.15) is 0 Å². The van der Waals surface area contributed by atoms with Crippen LogP contribution in [0.15, 0.2) is 30.9 Å². The van der Waals surface area contributed by atoms with E-state index >= 15 is 0 Å². The monoisotopic (exact) mass is 209 g/mol. The van der Waals surface area contributed by atoms with Crippen LogP contribution in [0.4, 0.5) is 10.1 Å². The number of halogens is 1. The molecule has 1 aromatic rings. The molecular weight excluding hydrogens is 197 g/mol. The molecule has 0 saturated carbocycles. The minimum Gasteiger partial charge on any atom is -0.491 e. The van der Waals surface area contributed by atoms with Crippen LogP contribution in [0.5, 0.6) is 5.75 Å². The number of rotatable bonds is 4. The Balaban J connectivity index is 2.81. The Morgan fingerprint density at radius 1 is 1.67 bits per heavy atom. The van der Waals surface area contributed by atoms with Crippen molar-refractivity contribution in [3.05, 3.63) is 36.7 Å². The molecule has 0 aliphatic heterocycles. The zero-order valence-electron chi connectivity index (χ0n) is 8.42. The second kappa shape index (κ2) is 5.14. The number of benzene rings is 1. The molecule has 1 N–H and O–H groups in total. The standard InChI is InChI=1S/C11H12FNO2/c1-3-11(14)13-8-5-6-10(15-4-2)9(12)7-8/h3,5-7H,1,4H2,2H3,(H,13,14). The fourth-order valence-corrected chi connectivity index (χ4v) is 1.04. The summed E-state index contributed by atoms with van der Waals surface area (Å²) in [7, 11) is 0. The molecule has 0 spiro atoms. The third-order valence-corrected chi connectivity index (χ3v) is 1.68. The van der Waals surface area contributed by atoms with E-state index in [1.807, 2.05) is 0 Å². The van der Waals surface area contributed by atoms with E-state index in [1.165, 1.54) is 12.1 Å². The molecule has 0 heterocycles. The van der Waals surface area contributed by atoms with Gasteiger partial charge < -0.3 is 10.1 Å². The molecule has 0 aliphatic rings. The molecular formula is C11H12FNO2. The van der Waals surface area contributed by atoms with Crippen molar-refractivity contribution in [2.24, 2.45) is 0 Å². The van der Waals surface area contributed by atoms with Gasteiger partial charge in [-0.2, -0.15) is 0 Å². The summed E-state index contributed by atoms with van der Waals surface area (Å²) < 4.78 is 18.3. The lowest BCUT2D eigenvalue weighted by Gasteiger charge is -2.06. The smallest absolute Gasteiger partial charge is 0.247 e. The Kier molecular flexibility index (Phi) is 3.85. The third-order valence-electron chi connectivity index (χ3n) is 1.68. The van der Waals surface area contributed by atoms with Crippen molar-refractivity contribution in [3.8, 4) is 5.75 Å². The van der Waals surface area contributed by atoms with E-state index in [1.54, 1.807) is 13.0 Å². The van der Waals surface area contributed by atoms with E-state index in [4.69, 9.17) is 4.74 Å². The van der Waals surface area contributed by atoms with Crippen LogP contribution in [0.1, 0.15) is 6.92 Å². The second-order valence-corrected chi connectivity index (χ2v) is 2.77. The highest BCUT2D eigenvalue weighted by molar-refractivity contribution is 5.98. The van der Waals surface area contributed by atoms with Gasteiger partial charge in [-0.3, -0.25) is 4.79 Å². The van der Waals surface area contributed by atoms with E-state index < -0.39 is 5.82 Å². The summed E-state index contributed by atoms with van der Waals surface area (Å²) >= 11 is 0. The highest BCUT2D eigenvalue weighted by Gasteiger charge is 2.04. The Morgan fingerprint density at radius 2 is 2.40 bits per heavy atom. The van der Waals surface area contributed by atoms with E-state index in [0.717, 1.165) is 6.08 Å². The summed E-state index contributed by atoms with van der Waals surface area (Å²) in [5.41, 5.74) is 0.376. The molecule has 0 aliphatic carbocycles. The first-order valence-corrected chi connectivity index (χ1v) is 4.53. The Morgan fingerprint density at radius 3 is 2.93 bits per heavy atom. The van der Waals surface area contributed by atoms with Crippen LogP contribution < -0.4 is 10.1 Å². The largest absolute Gasteiger partial charge is 0.491 e. The third kappa shape index (κ3) is 3.09. The van der Waals surface area contributed by atoms with Crippen LogP contribution in [0.2, 0.25) is 0 Å². The van der Waals surface area contributed by atoms with Crippen molar-refractivity contribution < 1.29 is 13.9 Å². The van der Waals surface area contributed by atoms with E-state index in [-0.39, 0.29) is 11.7 Å². The minimum absolute atomic E-state index is 0.175. The summed E-state index contributed by atoms with van der Waals surface area (Å²) in [4.78, 5) is 10.9. The molecule has 15 heavy (non-hydrogen) atoms. The number of nitrogens with one attached hydrogen (secondary N) is 1. The highest BCUT2D eigenvalue weighted by Crippen LogP contribution is 2.20. The number of ether oxygens (including phenoxy) is 1. The first-order valence-electron chi connectivity index (χ1n) is 4.53. The van der Waals surface area contributed by atoms with Gasteiger partial charge in [0, 0.05) is 11.8 Å². The van der Waals surface area contributed by atoms with Crippen LogP contribution in [0.25, 0.3) is 0 Å². The summed E-state index contributed by atoms with van der Waals surface area (Å²) in [6.45, 7) is 5.46. The fourth-order valence-electron chi connectivity index (χ4n) is 1.04. The van der Waals surface area contributed by atoms with Gasteiger partial charge in [0.05, 0.1) is 6.61 Å². The highest BCUT2D eigenvalue weighted by atomic mass is 19.1. The number of hydrogen-bond donors (Lipinski definition) is 1. The number of carbonyl (C=O) groups is 1. The molecule has 0 radical (unpaired) electrons. The van der Waals surface area contributed by atoms with Gasteiger partial charge in [-0.25, -0.2) is 4.39 Å². The molecule has 4 heteroatoms. The normalized spacial score (nSPS) is 9.47. The molecule has 1 amide bonds. The molecule has 0 aromatic heterocycles. The minimum atomic E-state index is -0.501. The van der Waals surface area contributed by atoms with Gasteiger partial charge in [0.2, 0.25) is 5.91 Å². The number of anilines is 1. The van der Waals surface area contributed by atoms with Crippen LogP contribution >= 0.6 is 0 Å². The van der Waals surface area contributed by atoms with Crippen molar-refractivity contribution in [2.45, 2.75) is 6.92 Å². The molecule has 1 aromatic carbocycles. The molecule has 0 saturated heterocycles. The lowest BCUT2D eigenvalue weighted by Crippen LogP contribution is -2.07. The SMILES string of the molecule is C=CC(=O)Nc1ccc(OCC)c(F)c1. The summed E-state index contributed by atoms with van der Waals surface area (Å²) in [5, 5.41) is 2.45. The van der Waals surface area contributed by atoms with E-state index in [9.17, 15) is 9.18 Å². The Bertz CT molecular complexity index is 377.